The first-order chi connectivity index (χ1) is 14.3. The van der Waals surface area contributed by atoms with E-state index in [0.717, 1.165) is 21.5 Å². The van der Waals surface area contributed by atoms with Crippen LogP contribution in [0.15, 0.2) is 30.9 Å². The standard InChI is InChI=1S/C20H20F3N5O3/c1-11-15(17(27(5)26-11)31-18(30)19(2,3)4)16(29)13-7-6-12(28-10-24-9-25-28)8-14(13)20(21,22)23/h6-10H,1-5H3. The van der Waals surface area contributed by atoms with Crippen molar-refractivity contribution in [2.45, 2.75) is 33.9 Å². The lowest BCUT2D eigenvalue weighted by Gasteiger charge is -2.17. The van der Waals surface area contributed by atoms with Crippen LogP contribution in [0.1, 0.15) is 48.0 Å². The van der Waals surface area contributed by atoms with Gasteiger partial charge in [-0.2, -0.15) is 23.4 Å². The van der Waals surface area contributed by atoms with Crippen molar-refractivity contribution in [1.82, 2.24) is 24.5 Å². The Kier molecular flexibility index (Phi) is 5.47. The van der Waals surface area contributed by atoms with Crippen LogP contribution in [0.2, 0.25) is 0 Å². The van der Waals surface area contributed by atoms with Gasteiger partial charge in [0.05, 0.1) is 22.4 Å². The summed E-state index contributed by atoms with van der Waals surface area (Å²) in [5.74, 6) is -1.82. The van der Waals surface area contributed by atoms with E-state index >= 15 is 0 Å². The molecule has 31 heavy (non-hydrogen) atoms. The molecule has 164 valence electrons. The highest BCUT2D eigenvalue weighted by Crippen LogP contribution is 2.36. The van der Waals surface area contributed by atoms with Gasteiger partial charge in [-0.3, -0.25) is 9.59 Å². The summed E-state index contributed by atoms with van der Waals surface area (Å²) in [5.41, 5.74) is -2.63. The predicted molar refractivity (Wildman–Crippen MR) is 103 cm³/mol. The number of ketones is 1. The largest absolute Gasteiger partial charge is 0.417 e. The van der Waals surface area contributed by atoms with Crippen LogP contribution in [0, 0.1) is 12.3 Å². The highest BCUT2D eigenvalue weighted by molar-refractivity contribution is 6.12. The molecule has 0 saturated carbocycles. The van der Waals surface area contributed by atoms with Gasteiger partial charge >= 0.3 is 12.1 Å². The maximum Gasteiger partial charge on any atom is 0.417 e. The van der Waals surface area contributed by atoms with Crippen LogP contribution in [0.5, 0.6) is 5.88 Å². The van der Waals surface area contributed by atoms with E-state index in [0.29, 0.717) is 0 Å². The van der Waals surface area contributed by atoms with Gasteiger partial charge < -0.3 is 4.74 Å². The number of esters is 1. The number of halogens is 3. The van der Waals surface area contributed by atoms with Crippen LogP contribution in [0.3, 0.4) is 0 Å². The van der Waals surface area contributed by atoms with Crippen LogP contribution in [0.4, 0.5) is 13.2 Å². The summed E-state index contributed by atoms with van der Waals surface area (Å²) >= 11 is 0. The van der Waals surface area contributed by atoms with Crippen molar-refractivity contribution in [3.63, 3.8) is 0 Å². The van der Waals surface area contributed by atoms with Crippen LogP contribution in [0.25, 0.3) is 5.69 Å². The van der Waals surface area contributed by atoms with E-state index in [9.17, 15) is 22.8 Å². The number of aryl methyl sites for hydroxylation is 2. The molecule has 0 fully saturated rings. The highest BCUT2D eigenvalue weighted by Gasteiger charge is 2.38. The molecule has 2 heterocycles. The highest BCUT2D eigenvalue weighted by atomic mass is 19.4. The van der Waals surface area contributed by atoms with Crippen molar-refractivity contribution in [3.8, 4) is 11.6 Å². The molecule has 0 unspecified atom stereocenters. The van der Waals surface area contributed by atoms with Crippen molar-refractivity contribution in [2.24, 2.45) is 12.5 Å². The normalized spacial score (nSPS) is 12.1. The van der Waals surface area contributed by atoms with Crippen molar-refractivity contribution in [1.29, 1.82) is 0 Å². The zero-order valence-electron chi connectivity index (χ0n) is 17.5. The number of nitrogens with zero attached hydrogens (tertiary/aromatic N) is 5. The number of carbonyl (C=O) groups is 2. The Morgan fingerprint density at radius 1 is 1.13 bits per heavy atom. The van der Waals surface area contributed by atoms with E-state index in [-0.39, 0.29) is 22.8 Å². The molecule has 0 aliphatic heterocycles. The quantitative estimate of drug-likeness (QED) is 0.460. The Labute approximate surface area is 175 Å². The number of benzene rings is 1. The molecule has 11 heteroatoms. The monoisotopic (exact) mass is 435 g/mol. The average Bonchev–Trinajstić information content (AvgIpc) is 3.28. The molecule has 0 spiro atoms. The van der Waals surface area contributed by atoms with Gasteiger partial charge in [-0.25, -0.2) is 14.3 Å². The number of aromatic nitrogens is 5. The molecular formula is C20H20F3N5O3. The molecule has 1 aromatic carbocycles. The summed E-state index contributed by atoms with van der Waals surface area (Å²) in [6, 6.07) is 3.20. The predicted octanol–water partition coefficient (Wildman–Crippen LogP) is 3.51. The molecule has 0 bridgehead atoms. The zero-order chi connectivity index (χ0) is 23.1. The topological polar surface area (TPSA) is 91.9 Å². The second-order valence-corrected chi connectivity index (χ2v) is 7.93. The van der Waals surface area contributed by atoms with E-state index in [1.807, 2.05) is 0 Å². The minimum atomic E-state index is -4.82. The third-order valence-corrected chi connectivity index (χ3v) is 4.43. The van der Waals surface area contributed by atoms with Crippen LogP contribution in [-0.4, -0.2) is 36.3 Å². The third kappa shape index (κ3) is 4.35. The first-order valence-electron chi connectivity index (χ1n) is 9.17. The molecule has 3 aromatic rings. The maximum atomic E-state index is 13.8. The molecule has 8 nitrogen and oxygen atoms in total. The third-order valence-electron chi connectivity index (χ3n) is 4.43. The Balaban J connectivity index is 2.13. The summed E-state index contributed by atoms with van der Waals surface area (Å²) < 4.78 is 49.1. The molecule has 0 atom stereocenters. The van der Waals surface area contributed by atoms with Gasteiger partial charge in [0.25, 0.3) is 0 Å². The minimum Gasteiger partial charge on any atom is -0.407 e. The SMILES string of the molecule is Cc1nn(C)c(OC(=O)C(C)(C)C)c1C(=O)c1ccc(-n2cncn2)cc1C(F)(F)F. The zero-order valence-corrected chi connectivity index (χ0v) is 17.5. The molecule has 0 amide bonds. The number of alkyl halides is 3. The Morgan fingerprint density at radius 3 is 2.35 bits per heavy atom. The minimum absolute atomic E-state index is 0.0867. The van der Waals surface area contributed by atoms with Gasteiger partial charge in [0.15, 0.2) is 0 Å². The fourth-order valence-electron chi connectivity index (χ4n) is 2.84. The van der Waals surface area contributed by atoms with Gasteiger partial charge in [0.2, 0.25) is 11.7 Å². The fraction of sp³-hybridized carbons (Fsp3) is 0.350. The maximum absolute atomic E-state index is 13.8. The molecule has 0 N–H and O–H groups in total. The van der Waals surface area contributed by atoms with Crippen molar-refractivity contribution < 1.29 is 27.5 Å². The van der Waals surface area contributed by atoms with E-state index in [2.05, 4.69) is 15.2 Å². The molecule has 3 rings (SSSR count). The molecule has 0 aliphatic carbocycles. The molecular weight excluding hydrogens is 415 g/mol. The smallest absolute Gasteiger partial charge is 0.407 e. The van der Waals surface area contributed by atoms with Gasteiger partial charge in [-0.05, 0) is 45.9 Å². The summed E-state index contributed by atoms with van der Waals surface area (Å²) in [7, 11) is 1.44. The van der Waals surface area contributed by atoms with E-state index in [1.54, 1.807) is 20.8 Å². The van der Waals surface area contributed by atoms with Gasteiger partial charge in [0.1, 0.15) is 18.2 Å². The van der Waals surface area contributed by atoms with Crippen molar-refractivity contribution in [2.75, 3.05) is 0 Å². The summed E-state index contributed by atoms with van der Waals surface area (Å²) in [5, 5.41) is 7.87. The second-order valence-electron chi connectivity index (χ2n) is 7.93. The summed E-state index contributed by atoms with van der Waals surface area (Å²) in [6.45, 7) is 6.30. The average molecular weight is 435 g/mol. The van der Waals surface area contributed by atoms with Crippen LogP contribution >= 0.6 is 0 Å². The number of rotatable bonds is 4. The second kappa shape index (κ2) is 7.64. The van der Waals surface area contributed by atoms with Gasteiger partial charge in [-0.15, -0.1) is 0 Å². The lowest BCUT2D eigenvalue weighted by atomic mass is 9.96. The van der Waals surface area contributed by atoms with Gasteiger partial charge in [0, 0.05) is 12.6 Å². The van der Waals surface area contributed by atoms with Crippen molar-refractivity contribution >= 4 is 11.8 Å². The summed E-state index contributed by atoms with van der Waals surface area (Å²) in [4.78, 5) is 29.3. The van der Waals surface area contributed by atoms with Gasteiger partial charge in [-0.1, -0.05) is 0 Å². The van der Waals surface area contributed by atoms with Crippen LogP contribution < -0.4 is 4.74 Å². The van der Waals surface area contributed by atoms with E-state index in [4.69, 9.17) is 4.74 Å². The molecule has 2 aromatic heterocycles. The lowest BCUT2D eigenvalue weighted by molar-refractivity contribution is -0.143. The lowest BCUT2D eigenvalue weighted by Crippen LogP contribution is -2.27. The van der Waals surface area contributed by atoms with Crippen molar-refractivity contribution in [3.05, 3.63) is 53.2 Å². The first kappa shape index (κ1) is 22.2. The molecule has 0 radical (unpaired) electrons. The Morgan fingerprint density at radius 2 is 1.81 bits per heavy atom. The van der Waals surface area contributed by atoms with E-state index < -0.39 is 34.5 Å². The molecule has 0 saturated heterocycles. The molecule has 0 aliphatic rings. The summed E-state index contributed by atoms with van der Waals surface area (Å²) in [6.07, 6.45) is -2.40. The number of carbonyl (C=O) groups excluding carboxylic acids is 2. The van der Waals surface area contributed by atoms with Crippen LogP contribution in [-0.2, 0) is 18.0 Å². The number of ether oxygens (including phenoxy) is 1. The van der Waals surface area contributed by atoms with E-state index in [1.165, 1.54) is 32.7 Å². The number of hydrogen-bond acceptors (Lipinski definition) is 6. The first-order valence-corrected chi connectivity index (χ1v) is 9.17. The fourth-order valence-corrected chi connectivity index (χ4v) is 2.84. The number of hydrogen-bond donors (Lipinski definition) is 0. The Bertz CT molecular complexity index is 1140. The Hall–Kier alpha value is -3.50.